The number of carbonyl (C=O) groups is 3. The first-order valence-electron chi connectivity index (χ1n) is 10.7. The van der Waals surface area contributed by atoms with Crippen molar-refractivity contribution in [3.63, 3.8) is 0 Å². The summed E-state index contributed by atoms with van der Waals surface area (Å²) in [5.41, 5.74) is 3.32. The molecule has 9 heteroatoms. The normalized spacial score (nSPS) is 43.0. The van der Waals surface area contributed by atoms with Crippen LogP contribution in [-0.4, -0.2) is 74.6 Å². The Bertz CT molecular complexity index is 919. The summed E-state index contributed by atoms with van der Waals surface area (Å²) in [7, 11) is 3.32. The van der Waals surface area contributed by atoms with Crippen LogP contribution in [0.4, 0.5) is 0 Å². The molecule has 0 spiro atoms. The van der Waals surface area contributed by atoms with Gasteiger partial charge in [0.2, 0.25) is 0 Å². The minimum Gasteiger partial charge on any atom is -0.511 e. The van der Waals surface area contributed by atoms with Gasteiger partial charge in [0.05, 0.1) is 23.7 Å². The predicted molar refractivity (Wildman–Crippen MR) is 109 cm³/mol. The van der Waals surface area contributed by atoms with E-state index in [1.54, 1.807) is 25.9 Å². The predicted octanol–water partition coefficient (Wildman–Crippen LogP) is -0.0280. The highest BCUT2D eigenvalue weighted by Gasteiger charge is 2.62. The Morgan fingerprint density at radius 1 is 1.13 bits per heavy atom. The number of ketones is 2. The number of likely N-dealkylation sites (N-methyl/N-ethyl adjacent to an activating group) is 1. The van der Waals surface area contributed by atoms with Gasteiger partial charge in [-0.1, -0.05) is 6.42 Å². The van der Waals surface area contributed by atoms with E-state index >= 15 is 0 Å². The highest BCUT2D eigenvalue weighted by Crippen LogP contribution is 2.56. The molecule has 0 aromatic carbocycles. The molecule has 4 unspecified atom stereocenters. The Labute approximate surface area is 180 Å². The molecule has 31 heavy (non-hydrogen) atoms. The fourth-order valence-corrected chi connectivity index (χ4v) is 6.67. The smallest absolute Gasteiger partial charge is 0.255 e. The monoisotopic (exact) mass is 434 g/mol. The number of amides is 1. The van der Waals surface area contributed by atoms with Crippen molar-refractivity contribution in [1.82, 2.24) is 4.90 Å². The number of hydrogen-bond acceptors (Lipinski definition) is 8. The molecule has 2 fully saturated rings. The molecule has 4 aliphatic carbocycles. The van der Waals surface area contributed by atoms with Crippen molar-refractivity contribution in [3.8, 4) is 0 Å². The molecule has 2 saturated carbocycles. The van der Waals surface area contributed by atoms with Crippen LogP contribution in [0.5, 0.6) is 0 Å². The zero-order valence-electron chi connectivity index (χ0n) is 17.9. The summed E-state index contributed by atoms with van der Waals surface area (Å²) < 4.78 is 0. The fourth-order valence-electron chi connectivity index (χ4n) is 6.67. The van der Waals surface area contributed by atoms with Crippen molar-refractivity contribution < 1.29 is 34.8 Å². The van der Waals surface area contributed by atoms with Gasteiger partial charge >= 0.3 is 0 Å². The van der Waals surface area contributed by atoms with Crippen LogP contribution >= 0.6 is 0 Å². The first-order chi connectivity index (χ1) is 14.4. The summed E-state index contributed by atoms with van der Waals surface area (Å²) in [6.45, 7) is 1.62. The number of hydrogen-bond donors (Lipinski definition) is 5. The van der Waals surface area contributed by atoms with Crippen molar-refractivity contribution >= 4 is 17.5 Å². The summed E-state index contributed by atoms with van der Waals surface area (Å²) in [6.07, 6.45) is 0.998. The zero-order valence-corrected chi connectivity index (χ0v) is 17.9. The van der Waals surface area contributed by atoms with Crippen LogP contribution in [0.15, 0.2) is 22.7 Å². The summed E-state index contributed by atoms with van der Waals surface area (Å²) in [4.78, 5) is 40.3. The number of Topliss-reactive ketones (excluding diaryl/α,β-unsaturated/α-hetero) is 2. The number of carbonyl (C=O) groups excluding carboxylic acids is 3. The number of rotatable bonds is 2. The molecule has 6 N–H and O–H groups in total. The molecule has 8 atom stereocenters. The molecule has 1 amide bonds. The second-order valence-electron chi connectivity index (χ2n) is 9.85. The van der Waals surface area contributed by atoms with E-state index in [-0.39, 0.29) is 17.8 Å². The number of aliphatic hydroxyl groups excluding tert-OH is 3. The number of primary amides is 1. The Morgan fingerprint density at radius 2 is 1.77 bits per heavy atom. The highest BCUT2D eigenvalue weighted by atomic mass is 16.3. The number of nitrogens with two attached hydrogens (primary N) is 1. The third-order valence-corrected chi connectivity index (χ3v) is 8.02. The standard InChI is InChI=1S/C22H30N2O7/c1-22(31)9-5-4-6-11(25)13(9)19(28)14-10(22)7-8-12(17(14)26)18(27)15(21(23)30)20(29)16(8)24(2)3/h8-13,16,25,28-29,31H,4-7H2,1-3H3,(H2,23,30)/t8-,9?,10+,11?,12?,13?,16+,22-/m1/s1. The van der Waals surface area contributed by atoms with Gasteiger partial charge in [0, 0.05) is 23.3 Å². The lowest BCUT2D eigenvalue weighted by Gasteiger charge is -2.55. The van der Waals surface area contributed by atoms with Crippen LogP contribution in [0.25, 0.3) is 0 Å². The molecule has 4 aliphatic rings. The Kier molecular flexibility index (Phi) is 5.07. The van der Waals surface area contributed by atoms with Gasteiger partial charge in [-0.25, -0.2) is 0 Å². The molecule has 9 nitrogen and oxygen atoms in total. The van der Waals surface area contributed by atoms with E-state index in [2.05, 4.69) is 0 Å². The summed E-state index contributed by atoms with van der Waals surface area (Å²) >= 11 is 0. The van der Waals surface area contributed by atoms with E-state index in [0.29, 0.717) is 19.3 Å². The molecule has 170 valence electrons. The minimum atomic E-state index is -1.39. The molecule has 0 heterocycles. The van der Waals surface area contributed by atoms with Gasteiger partial charge in [-0.3, -0.25) is 19.3 Å². The average molecular weight is 434 g/mol. The van der Waals surface area contributed by atoms with Crippen LogP contribution < -0.4 is 5.73 Å². The molecular formula is C22H30N2O7. The topological polar surface area (TPSA) is 161 Å². The lowest BCUT2D eigenvalue weighted by atomic mass is 9.51. The molecular weight excluding hydrogens is 404 g/mol. The summed E-state index contributed by atoms with van der Waals surface area (Å²) in [6, 6.07) is -0.816. The third-order valence-electron chi connectivity index (χ3n) is 8.02. The molecule has 4 rings (SSSR count). The maximum atomic E-state index is 13.6. The van der Waals surface area contributed by atoms with Gasteiger partial charge in [-0.05, 0) is 46.2 Å². The van der Waals surface area contributed by atoms with Crippen LogP contribution in [0, 0.1) is 29.6 Å². The van der Waals surface area contributed by atoms with Crippen LogP contribution in [-0.2, 0) is 14.4 Å². The van der Waals surface area contributed by atoms with Gasteiger partial charge in [-0.2, -0.15) is 0 Å². The van der Waals surface area contributed by atoms with Gasteiger partial charge in [0.25, 0.3) is 5.91 Å². The zero-order chi connectivity index (χ0) is 23.0. The van der Waals surface area contributed by atoms with Crippen LogP contribution in [0.1, 0.15) is 32.6 Å². The first kappa shape index (κ1) is 22.0. The maximum Gasteiger partial charge on any atom is 0.255 e. The Balaban J connectivity index is 1.90. The molecule has 0 aromatic heterocycles. The van der Waals surface area contributed by atoms with Gasteiger partial charge in [0.15, 0.2) is 11.6 Å². The second kappa shape index (κ2) is 7.15. The van der Waals surface area contributed by atoms with Gasteiger partial charge in [0.1, 0.15) is 17.1 Å². The van der Waals surface area contributed by atoms with E-state index in [4.69, 9.17) is 5.73 Å². The fraction of sp³-hybridized carbons (Fsp3) is 0.682. The van der Waals surface area contributed by atoms with Gasteiger partial charge in [-0.15, -0.1) is 0 Å². The van der Waals surface area contributed by atoms with E-state index in [0.717, 1.165) is 0 Å². The molecule has 0 saturated heterocycles. The third kappa shape index (κ3) is 2.90. The molecule has 0 bridgehead atoms. The van der Waals surface area contributed by atoms with Crippen molar-refractivity contribution in [3.05, 3.63) is 22.7 Å². The second-order valence-corrected chi connectivity index (χ2v) is 9.85. The van der Waals surface area contributed by atoms with E-state index in [1.807, 2.05) is 0 Å². The van der Waals surface area contributed by atoms with Crippen molar-refractivity contribution in [1.29, 1.82) is 0 Å². The number of nitrogens with zero attached hydrogens (tertiary/aromatic N) is 1. The van der Waals surface area contributed by atoms with Gasteiger partial charge < -0.3 is 26.2 Å². The largest absolute Gasteiger partial charge is 0.511 e. The van der Waals surface area contributed by atoms with E-state index in [9.17, 15) is 34.8 Å². The summed E-state index contributed by atoms with van der Waals surface area (Å²) in [5.74, 6) is -7.33. The number of aliphatic hydroxyl groups is 4. The van der Waals surface area contributed by atoms with Crippen molar-refractivity contribution in [2.24, 2.45) is 35.3 Å². The number of fused-ring (bicyclic) bond motifs is 3. The lowest BCUT2D eigenvalue weighted by molar-refractivity contribution is -0.152. The quantitative estimate of drug-likeness (QED) is 0.299. The SMILES string of the molecule is CN(C)[C@@H]1C(O)=C(C(N)=O)C(=O)C2C(=O)C3=C(O)C4C(O)CCCC4[C@@](C)(O)[C@H]3C[C@H]21. The first-order valence-corrected chi connectivity index (χ1v) is 10.7. The molecule has 0 aliphatic heterocycles. The Morgan fingerprint density at radius 3 is 2.35 bits per heavy atom. The highest BCUT2D eigenvalue weighted by molar-refractivity contribution is 6.27. The van der Waals surface area contributed by atoms with Crippen molar-refractivity contribution in [2.75, 3.05) is 14.1 Å². The molecule has 0 radical (unpaired) electrons. The minimum absolute atomic E-state index is 0.0375. The average Bonchev–Trinajstić information content (AvgIpc) is 2.65. The lowest BCUT2D eigenvalue weighted by Crippen LogP contribution is -2.62. The van der Waals surface area contributed by atoms with E-state index < -0.39 is 76.1 Å². The summed E-state index contributed by atoms with van der Waals surface area (Å²) in [5, 5.41) is 43.9. The van der Waals surface area contributed by atoms with Crippen molar-refractivity contribution in [2.45, 2.75) is 50.4 Å². The van der Waals surface area contributed by atoms with E-state index in [1.165, 1.54) is 0 Å². The van der Waals surface area contributed by atoms with Crippen LogP contribution in [0.2, 0.25) is 0 Å². The van der Waals surface area contributed by atoms with Crippen LogP contribution in [0.3, 0.4) is 0 Å². The Hall–Kier alpha value is -2.23. The molecule has 0 aromatic rings. The maximum absolute atomic E-state index is 13.6.